The van der Waals surface area contributed by atoms with Crippen molar-refractivity contribution in [3.05, 3.63) is 83.4 Å². The number of nitrogens with zero attached hydrogens (tertiary/aromatic N) is 5. The molecule has 0 radical (unpaired) electrons. The van der Waals surface area contributed by atoms with Crippen LogP contribution in [0.15, 0.2) is 72.5 Å². The van der Waals surface area contributed by atoms with Crippen LogP contribution in [0.25, 0.3) is 10.4 Å². The number of aryl methyl sites for hydroxylation is 1. The fourth-order valence-electron chi connectivity index (χ4n) is 3.62. The first kappa shape index (κ1) is 30.9. The van der Waals surface area contributed by atoms with E-state index in [0.29, 0.717) is 49.6 Å². The second-order valence-electron chi connectivity index (χ2n) is 11.3. The number of azide groups is 1. The Morgan fingerprint density at radius 1 is 1.02 bits per heavy atom. The molecule has 2 aromatic carbocycles. The van der Waals surface area contributed by atoms with Crippen molar-refractivity contribution in [2.24, 2.45) is 15.9 Å². The predicted molar refractivity (Wildman–Crippen MR) is 163 cm³/mol. The topological polar surface area (TPSA) is 146 Å². The van der Waals surface area contributed by atoms with Gasteiger partial charge in [-0.05, 0) is 54.3 Å². The van der Waals surface area contributed by atoms with E-state index in [9.17, 15) is 4.79 Å². The fourth-order valence-corrected chi connectivity index (χ4v) is 3.62. The van der Waals surface area contributed by atoms with Gasteiger partial charge in [0.05, 0.1) is 19.8 Å². The third-order valence-electron chi connectivity index (χ3n) is 5.82. The largest absolute Gasteiger partial charge is 0.493 e. The number of carbonyl (C=O) groups is 1. The molecule has 41 heavy (non-hydrogen) atoms. The predicted octanol–water partition coefficient (Wildman–Crippen LogP) is 7.15. The highest BCUT2D eigenvalue weighted by Gasteiger charge is 2.23. The smallest absolute Gasteiger partial charge is 0.247 e. The molecule has 216 valence electrons. The monoisotopic (exact) mass is 558 g/mol. The Bertz CT molecular complexity index is 1400. The molecular formula is C30H38N8O3. The first-order valence-electron chi connectivity index (χ1n) is 13.2. The average Bonchev–Trinajstić information content (AvgIpc) is 2.93. The number of aromatic nitrogens is 2. The van der Waals surface area contributed by atoms with Crippen molar-refractivity contribution in [2.75, 3.05) is 42.3 Å². The van der Waals surface area contributed by atoms with Crippen LogP contribution in [-0.4, -0.2) is 42.2 Å². The molecule has 0 aliphatic rings. The Labute approximate surface area is 241 Å². The van der Waals surface area contributed by atoms with Crippen LogP contribution in [0.2, 0.25) is 0 Å². The van der Waals surface area contributed by atoms with Crippen LogP contribution >= 0.6 is 0 Å². The lowest BCUT2D eigenvalue weighted by Crippen LogP contribution is -2.31. The van der Waals surface area contributed by atoms with E-state index in [4.69, 9.17) is 15.0 Å². The van der Waals surface area contributed by atoms with Crippen molar-refractivity contribution in [3.63, 3.8) is 0 Å². The van der Waals surface area contributed by atoms with Gasteiger partial charge in [-0.1, -0.05) is 51.5 Å². The number of hydrogen-bond donors (Lipinski definition) is 3. The maximum absolute atomic E-state index is 11.6. The normalized spacial score (nSPS) is 11.2. The van der Waals surface area contributed by atoms with E-state index in [1.807, 2.05) is 63.2 Å². The molecular weight excluding hydrogens is 520 g/mol. The highest BCUT2D eigenvalue weighted by Crippen LogP contribution is 2.26. The Kier molecular flexibility index (Phi) is 10.7. The molecule has 0 saturated heterocycles. The van der Waals surface area contributed by atoms with Crippen molar-refractivity contribution in [3.8, 4) is 5.75 Å². The van der Waals surface area contributed by atoms with Gasteiger partial charge in [-0.3, -0.25) is 4.79 Å². The second-order valence-corrected chi connectivity index (χ2v) is 11.3. The van der Waals surface area contributed by atoms with Gasteiger partial charge in [0.1, 0.15) is 11.6 Å². The zero-order valence-corrected chi connectivity index (χ0v) is 24.3. The first-order valence-corrected chi connectivity index (χ1v) is 13.2. The Morgan fingerprint density at radius 3 is 2.44 bits per heavy atom. The second kappa shape index (κ2) is 14.2. The summed E-state index contributed by atoms with van der Waals surface area (Å²) < 4.78 is 12.0. The molecule has 1 aromatic heterocycles. The summed E-state index contributed by atoms with van der Waals surface area (Å²) >= 11 is 0. The van der Waals surface area contributed by atoms with Crippen molar-refractivity contribution < 1.29 is 14.3 Å². The van der Waals surface area contributed by atoms with Crippen molar-refractivity contribution >= 4 is 34.7 Å². The molecule has 3 N–H and O–H groups in total. The number of carbonyl (C=O) groups excluding carboxylic acids is 1. The van der Waals surface area contributed by atoms with E-state index in [0.717, 1.165) is 16.9 Å². The summed E-state index contributed by atoms with van der Waals surface area (Å²) in [5.41, 5.74) is 11.1. The van der Waals surface area contributed by atoms with E-state index in [-0.39, 0.29) is 16.7 Å². The number of hydrogen-bond acceptors (Lipinski definition) is 8. The standard InChI is InChI=1S/C30H38N8O3/c1-7-26(39)34-22-10-8-11-23(14-22)35-27-21(2)16-32-28(37-27)36-24-12-9-13-25(15-24)41-20-30(5,6)19-40-18-29(3,4)17-33-38-31/h7-16H,1,17-20H2,2-6H3,(H,34,39)(H2,32,35,36,37). The van der Waals surface area contributed by atoms with Gasteiger partial charge < -0.3 is 25.4 Å². The number of amides is 1. The van der Waals surface area contributed by atoms with Gasteiger partial charge in [0, 0.05) is 51.8 Å². The molecule has 0 saturated carbocycles. The van der Waals surface area contributed by atoms with Gasteiger partial charge in [0.15, 0.2) is 0 Å². The number of nitrogens with one attached hydrogen (secondary N) is 3. The van der Waals surface area contributed by atoms with Crippen LogP contribution in [0.5, 0.6) is 5.75 Å². The summed E-state index contributed by atoms with van der Waals surface area (Å²) in [4.78, 5) is 23.5. The fraction of sp³-hybridized carbons (Fsp3) is 0.367. The van der Waals surface area contributed by atoms with Crippen LogP contribution in [0.4, 0.5) is 28.8 Å². The molecule has 0 aliphatic carbocycles. The van der Waals surface area contributed by atoms with Gasteiger partial charge in [-0.25, -0.2) is 4.98 Å². The zero-order chi connectivity index (χ0) is 29.9. The van der Waals surface area contributed by atoms with E-state index >= 15 is 0 Å². The molecule has 0 spiro atoms. The van der Waals surface area contributed by atoms with Gasteiger partial charge in [0.2, 0.25) is 11.9 Å². The third kappa shape index (κ3) is 10.5. The Morgan fingerprint density at radius 2 is 1.71 bits per heavy atom. The van der Waals surface area contributed by atoms with Crippen LogP contribution in [0.3, 0.4) is 0 Å². The van der Waals surface area contributed by atoms with Gasteiger partial charge in [-0.2, -0.15) is 4.98 Å². The number of ether oxygens (including phenoxy) is 2. The lowest BCUT2D eigenvalue weighted by atomic mass is 9.94. The minimum Gasteiger partial charge on any atom is -0.493 e. The maximum Gasteiger partial charge on any atom is 0.247 e. The van der Waals surface area contributed by atoms with Crippen LogP contribution in [0.1, 0.15) is 33.3 Å². The molecule has 11 heteroatoms. The molecule has 0 bridgehead atoms. The van der Waals surface area contributed by atoms with Crippen molar-refractivity contribution in [2.45, 2.75) is 34.6 Å². The molecule has 0 fully saturated rings. The Hall–Kier alpha value is -4.60. The number of rotatable bonds is 15. The zero-order valence-electron chi connectivity index (χ0n) is 24.3. The number of anilines is 5. The molecule has 0 atom stereocenters. The van der Waals surface area contributed by atoms with Gasteiger partial charge >= 0.3 is 0 Å². The van der Waals surface area contributed by atoms with Gasteiger partial charge in [0.25, 0.3) is 0 Å². The molecule has 3 rings (SSSR count). The minimum atomic E-state index is -0.280. The summed E-state index contributed by atoms with van der Waals surface area (Å²) in [5, 5.41) is 12.9. The lowest BCUT2D eigenvalue weighted by Gasteiger charge is -2.28. The van der Waals surface area contributed by atoms with Crippen LogP contribution in [-0.2, 0) is 9.53 Å². The summed E-state index contributed by atoms with van der Waals surface area (Å²) in [6, 6.07) is 14.9. The van der Waals surface area contributed by atoms with E-state index in [1.54, 1.807) is 12.3 Å². The van der Waals surface area contributed by atoms with Crippen LogP contribution < -0.4 is 20.7 Å². The molecule has 0 unspecified atom stereocenters. The van der Waals surface area contributed by atoms with Crippen molar-refractivity contribution in [1.29, 1.82) is 0 Å². The third-order valence-corrected chi connectivity index (χ3v) is 5.82. The first-order chi connectivity index (χ1) is 19.5. The Balaban J connectivity index is 1.60. The van der Waals surface area contributed by atoms with E-state index < -0.39 is 0 Å². The van der Waals surface area contributed by atoms with Gasteiger partial charge in [-0.15, -0.1) is 0 Å². The highest BCUT2D eigenvalue weighted by atomic mass is 16.5. The SMILES string of the molecule is C=CC(=O)Nc1cccc(Nc2nc(Nc3cccc(OCC(C)(C)COCC(C)(C)CN=[N+]=[N-])c3)ncc2C)c1. The number of benzene rings is 2. The molecule has 1 heterocycles. The quantitative estimate of drug-likeness (QED) is 0.0776. The minimum absolute atomic E-state index is 0.232. The molecule has 3 aromatic rings. The van der Waals surface area contributed by atoms with Crippen LogP contribution in [0, 0.1) is 17.8 Å². The summed E-state index contributed by atoms with van der Waals surface area (Å²) in [5.74, 6) is 1.48. The summed E-state index contributed by atoms with van der Waals surface area (Å²) in [6.07, 6.45) is 2.96. The van der Waals surface area contributed by atoms with E-state index in [2.05, 4.69) is 56.4 Å². The van der Waals surface area contributed by atoms with Crippen molar-refractivity contribution in [1.82, 2.24) is 9.97 Å². The molecule has 11 nitrogen and oxygen atoms in total. The summed E-state index contributed by atoms with van der Waals surface area (Å²) in [6.45, 7) is 15.4. The average molecular weight is 559 g/mol. The lowest BCUT2D eigenvalue weighted by molar-refractivity contribution is -0.111. The summed E-state index contributed by atoms with van der Waals surface area (Å²) in [7, 11) is 0. The molecule has 1 amide bonds. The van der Waals surface area contributed by atoms with E-state index in [1.165, 1.54) is 6.08 Å². The highest BCUT2D eigenvalue weighted by molar-refractivity contribution is 5.99. The molecule has 0 aliphatic heterocycles. The maximum atomic E-state index is 11.6.